The fourth-order valence-corrected chi connectivity index (χ4v) is 2.27. The summed E-state index contributed by atoms with van der Waals surface area (Å²) < 4.78 is 4.78. The van der Waals surface area contributed by atoms with E-state index in [1.54, 1.807) is 48.5 Å². The van der Waals surface area contributed by atoms with Crippen LogP contribution in [0.3, 0.4) is 0 Å². The van der Waals surface area contributed by atoms with Gasteiger partial charge in [0.2, 0.25) is 0 Å². The van der Waals surface area contributed by atoms with Crippen LogP contribution in [0.25, 0.3) is 0 Å². The number of hydrogen-bond donors (Lipinski definition) is 2. The average molecular weight is 354 g/mol. The van der Waals surface area contributed by atoms with Crippen molar-refractivity contribution in [2.24, 2.45) is 0 Å². The topological polar surface area (TPSA) is 75.6 Å². The van der Waals surface area contributed by atoms with Crippen molar-refractivity contribution < 1.29 is 19.4 Å². The Balaban J connectivity index is 1.90. The van der Waals surface area contributed by atoms with E-state index < -0.39 is 24.6 Å². The van der Waals surface area contributed by atoms with Gasteiger partial charge in [-0.3, -0.25) is 4.79 Å². The lowest BCUT2D eigenvalue weighted by Gasteiger charge is -2.12. The second-order valence-electron chi connectivity index (χ2n) is 4.57. The van der Waals surface area contributed by atoms with E-state index in [0.717, 1.165) is 0 Å². The lowest BCUT2D eigenvalue weighted by atomic mass is 10.1. The maximum Gasteiger partial charge on any atom is 0.340 e. The number of rotatable bonds is 5. The van der Waals surface area contributed by atoms with Crippen molar-refractivity contribution in [3.63, 3.8) is 0 Å². The largest absolute Gasteiger partial charge is 0.453 e. The van der Waals surface area contributed by atoms with Gasteiger partial charge in [0, 0.05) is 0 Å². The molecule has 7 heteroatoms. The quantitative estimate of drug-likeness (QED) is 0.809. The first-order valence-corrected chi connectivity index (χ1v) is 7.38. The molecule has 0 bridgehead atoms. The van der Waals surface area contributed by atoms with E-state index >= 15 is 0 Å². The molecule has 1 atom stereocenters. The van der Waals surface area contributed by atoms with Gasteiger partial charge < -0.3 is 15.2 Å². The number of amides is 1. The maximum atomic E-state index is 11.8. The van der Waals surface area contributed by atoms with Gasteiger partial charge in [-0.1, -0.05) is 59.6 Å². The maximum absolute atomic E-state index is 11.8. The Morgan fingerprint density at radius 1 is 1.04 bits per heavy atom. The first kappa shape index (κ1) is 17.3. The highest BCUT2D eigenvalue weighted by atomic mass is 35.5. The van der Waals surface area contributed by atoms with E-state index in [-0.39, 0.29) is 15.7 Å². The Hall–Kier alpha value is -2.08. The second kappa shape index (κ2) is 7.97. The van der Waals surface area contributed by atoms with Gasteiger partial charge in [0.05, 0.1) is 15.7 Å². The van der Waals surface area contributed by atoms with Crippen molar-refractivity contribution in [3.05, 3.63) is 64.1 Å². The molecule has 0 spiro atoms. The zero-order chi connectivity index (χ0) is 16.8. The van der Waals surface area contributed by atoms with Crippen molar-refractivity contribution in [1.82, 2.24) is 0 Å². The molecule has 2 N–H and O–H groups in total. The number of esters is 1. The van der Waals surface area contributed by atoms with E-state index in [1.165, 1.54) is 0 Å². The van der Waals surface area contributed by atoms with E-state index in [1.807, 2.05) is 0 Å². The molecule has 1 amide bonds. The Bertz CT molecular complexity index is 686. The summed E-state index contributed by atoms with van der Waals surface area (Å²) in [4.78, 5) is 23.5. The number of ether oxygens (including phenoxy) is 1. The van der Waals surface area contributed by atoms with Crippen molar-refractivity contribution in [2.75, 3.05) is 11.9 Å². The third-order valence-electron chi connectivity index (χ3n) is 2.91. The molecule has 0 radical (unpaired) electrons. The molecule has 2 aromatic rings. The Morgan fingerprint density at radius 2 is 1.65 bits per heavy atom. The monoisotopic (exact) mass is 353 g/mol. The summed E-state index contributed by atoms with van der Waals surface area (Å²) in [6.45, 7) is -0.565. The highest BCUT2D eigenvalue weighted by molar-refractivity contribution is 6.39. The molecule has 5 nitrogen and oxygen atoms in total. The minimum atomic E-state index is -1.45. The zero-order valence-electron chi connectivity index (χ0n) is 11.8. The molecule has 23 heavy (non-hydrogen) atoms. The van der Waals surface area contributed by atoms with Gasteiger partial charge >= 0.3 is 5.97 Å². The molecule has 0 saturated carbocycles. The van der Waals surface area contributed by atoms with E-state index in [0.29, 0.717) is 5.56 Å². The molecular formula is C16H13Cl2NO4. The fourth-order valence-electron chi connectivity index (χ4n) is 1.78. The van der Waals surface area contributed by atoms with Crippen LogP contribution in [0.2, 0.25) is 10.0 Å². The number of aliphatic hydroxyl groups excluding tert-OH is 1. The molecule has 120 valence electrons. The highest BCUT2D eigenvalue weighted by Gasteiger charge is 2.20. The number of hydrogen-bond acceptors (Lipinski definition) is 4. The van der Waals surface area contributed by atoms with Gasteiger partial charge in [0.15, 0.2) is 12.7 Å². The molecule has 0 heterocycles. The van der Waals surface area contributed by atoms with E-state index in [4.69, 9.17) is 27.9 Å². The SMILES string of the molecule is O=C(COC(=O)[C@H](O)c1ccccc1)Nc1c(Cl)cccc1Cl. The van der Waals surface area contributed by atoms with Crippen LogP contribution in [0.5, 0.6) is 0 Å². The van der Waals surface area contributed by atoms with Crippen molar-refractivity contribution in [2.45, 2.75) is 6.10 Å². The van der Waals surface area contributed by atoms with Gasteiger partial charge in [-0.2, -0.15) is 0 Å². The van der Waals surface area contributed by atoms with Crippen LogP contribution in [-0.4, -0.2) is 23.6 Å². The highest BCUT2D eigenvalue weighted by Crippen LogP contribution is 2.29. The molecular weight excluding hydrogens is 341 g/mol. The number of benzene rings is 2. The van der Waals surface area contributed by atoms with Crippen molar-refractivity contribution >= 4 is 40.8 Å². The van der Waals surface area contributed by atoms with Crippen LogP contribution >= 0.6 is 23.2 Å². The van der Waals surface area contributed by atoms with Crippen LogP contribution in [0.15, 0.2) is 48.5 Å². The van der Waals surface area contributed by atoms with E-state index in [2.05, 4.69) is 5.32 Å². The summed E-state index contributed by atoms with van der Waals surface area (Å²) in [7, 11) is 0. The van der Waals surface area contributed by atoms with Crippen LogP contribution in [0, 0.1) is 0 Å². The first-order valence-electron chi connectivity index (χ1n) is 6.62. The molecule has 0 aliphatic heterocycles. The Labute approximate surface area is 142 Å². The Morgan fingerprint density at radius 3 is 2.26 bits per heavy atom. The first-order chi connectivity index (χ1) is 11.0. The number of nitrogens with one attached hydrogen (secondary N) is 1. The lowest BCUT2D eigenvalue weighted by Crippen LogP contribution is -2.24. The minimum absolute atomic E-state index is 0.237. The number of carbonyl (C=O) groups is 2. The standard InChI is InChI=1S/C16H13Cl2NO4/c17-11-7-4-8-12(18)14(11)19-13(20)9-23-16(22)15(21)10-5-2-1-3-6-10/h1-8,15,21H,9H2,(H,19,20)/t15-/m1/s1. The molecule has 2 aromatic carbocycles. The molecule has 2 rings (SSSR count). The van der Waals surface area contributed by atoms with Gasteiger partial charge in [-0.05, 0) is 17.7 Å². The molecule has 0 fully saturated rings. The predicted molar refractivity (Wildman–Crippen MR) is 87.5 cm³/mol. The van der Waals surface area contributed by atoms with Crippen molar-refractivity contribution in [1.29, 1.82) is 0 Å². The fraction of sp³-hybridized carbons (Fsp3) is 0.125. The van der Waals surface area contributed by atoms with Gasteiger partial charge in [-0.25, -0.2) is 4.79 Å². The number of carbonyl (C=O) groups excluding carboxylic acids is 2. The molecule has 0 aliphatic carbocycles. The summed E-state index contributed by atoms with van der Waals surface area (Å²) in [6, 6.07) is 13.0. The molecule has 0 unspecified atom stereocenters. The predicted octanol–water partition coefficient (Wildman–Crippen LogP) is 3.21. The summed E-state index contributed by atoms with van der Waals surface area (Å²) >= 11 is 11.8. The minimum Gasteiger partial charge on any atom is -0.453 e. The lowest BCUT2D eigenvalue weighted by molar-refractivity contribution is -0.156. The normalized spacial score (nSPS) is 11.6. The third-order valence-corrected chi connectivity index (χ3v) is 3.54. The van der Waals surface area contributed by atoms with E-state index in [9.17, 15) is 14.7 Å². The zero-order valence-corrected chi connectivity index (χ0v) is 13.3. The van der Waals surface area contributed by atoms with Crippen LogP contribution < -0.4 is 5.32 Å². The third kappa shape index (κ3) is 4.69. The molecule has 0 aromatic heterocycles. The van der Waals surface area contributed by atoms with Crippen LogP contribution in [-0.2, 0) is 14.3 Å². The number of aliphatic hydroxyl groups is 1. The number of anilines is 1. The average Bonchev–Trinajstić information content (AvgIpc) is 2.56. The summed E-state index contributed by atoms with van der Waals surface area (Å²) in [5.74, 6) is -1.54. The van der Waals surface area contributed by atoms with Crippen molar-refractivity contribution in [3.8, 4) is 0 Å². The smallest absolute Gasteiger partial charge is 0.340 e. The van der Waals surface area contributed by atoms with Crippen LogP contribution in [0.1, 0.15) is 11.7 Å². The van der Waals surface area contributed by atoms with Gasteiger partial charge in [0.25, 0.3) is 5.91 Å². The van der Waals surface area contributed by atoms with Gasteiger partial charge in [0.1, 0.15) is 0 Å². The second-order valence-corrected chi connectivity index (χ2v) is 5.38. The summed E-state index contributed by atoms with van der Waals surface area (Å²) in [5, 5.41) is 12.8. The molecule has 0 saturated heterocycles. The number of para-hydroxylation sites is 1. The summed E-state index contributed by atoms with van der Waals surface area (Å²) in [6.07, 6.45) is -1.45. The van der Waals surface area contributed by atoms with Gasteiger partial charge in [-0.15, -0.1) is 0 Å². The van der Waals surface area contributed by atoms with Crippen LogP contribution in [0.4, 0.5) is 5.69 Å². The Kier molecular flexibility index (Phi) is 5.98. The molecule has 0 aliphatic rings. The number of halogens is 2. The summed E-state index contributed by atoms with van der Waals surface area (Å²) in [5.41, 5.74) is 0.618.